The van der Waals surface area contributed by atoms with E-state index in [-0.39, 0.29) is 23.6 Å². The highest BCUT2D eigenvalue weighted by Crippen LogP contribution is 2.48. The van der Waals surface area contributed by atoms with E-state index >= 15 is 0 Å². The lowest BCUT2D eigenvalue weighted by atomic mass is 9.85. The van der Waals surface area contributed by atoms with Crippen molar-refractivity contribution in [3.05, 3.63) is 53.6 Å². The van der Waals surface area contributed by atoms with Crippen molar-refractivity contribution in [2.75, 3.05) is 26.3 Å². The number of benzene rings is 2. The molecular weight excluding hydrogens is 306 g/mol. The van der Waals surface area contributed by atoms with Crippen LogP contribution < -0.4 is 4.74 Å². The van der Waals surface area contributed by atoms with E-state index < -0.39 is 0 Å². The van der Waals surface area contributed by atoms with Gasteiger partial charge in [-0.25, -0.2) is 0 Å². The van der Waals surface area contributed by atoms with E-state index in [4.69, 9.17) is 9.47 Å². The van der Waals surface area contributed by atoms with Crippen molar-refractivity contribution in [1.29, 1.82) is 0 Å². The quantitative estimate of drug-likeness (QED) is 0.831. The van der Waals surface area contributed by atoms with Crippen LogP contribution in [0.1, 0.15) is 23.5 Å². The molecule has 1 saturated heterocycles. The summed E-state index contributed by atoms with van der Waals surface area (Å²) < 4.78 is 11.5. The second-order valence-corrected chi connectivity index (χ2v) is 6.27. The van der Waals surface area contributed by atoms with Crippen molar-refractivity contribution < 1.29 is 19.7 Å². The number of phenols is 2. The van der Waals surface area contributed by atoms with Crippen molar-refractivity contribution in [2.24, 2.45) is 0 Å². The van der Waals surface area contributed by atoms with Gasteiger partial charge < -0.3 is 19.7 Å². The molecule has 0 amide bonds. The van der Waals surface area contributed by atoms with Crippen LogP contribution in [-0.2, 0) is 4.74 Å². The van der Waals surface area contributed by atoms with E-state index in [0.29, 0.717) is 19.0 Å². The van der Waals surface area contributed by atoms with Crippen molar-refractivity contribution >= 4 is 0 Å². The van der Waals surface area contributed by atoms with E-state index in [1.165, 1.54) is 11.6 Å². The van der Waals surface area contributed by atoms with E-state index in [0.717, 1.165) is 25.1 Å². The summed E-state index contributed by atoms with van der Waals surface area (Å²) >= 11 is 0. The van der Waals surface area contributed by atoms with Crippen molar-refractivity contribution in [1.82, 2.24) is 4.90 Å². The number of aromatic hydroxyl groups is 2. The van der Waals surface area contributed by atoms with Crippen LogP contribution >= 0.6 is 0 Å². The molecule has 1 fully saturated rings. The highest BCUT2D eigenvalue weighted by atomic mass is 16.5. The molecular formula is C19H21NO4. The van der Waals surface area contributed by atoms with Gasteiger partial charge in [-0.15, -0.1) is 0 Å². The second kappa shape index (κ2) is 6.34. The zero-order valence-electron chi connectivity index (χ0n) is 13.4. The van der Waals surface area contributed by atoms with E-state index in [1.54, 1.807) is 0 Å². The maximum atomic E-state index is 10.3. The van der Waals surface area contributed by atoms with Crippen LogP contribution in [0.15, 0.2) is 42.5 Å². The summed E-state index contributed by atoms with van der Waals surface area (Å²) in [6, 6.07) is 13.6. The van der Waals surface area contributed by atoms with Gasteiger partial charge in [-0.2, -0.15) is 0 Å². The molecule has 0 aromatic heterocycles. The van der Waals surface area contributed by atoms with Crippen LogP contribution in [0.4, 0.5) is 0 Å². The maximum absolute atomic E-state index is 10.3. The summed E-state index contributed by atoms with van der Waals surface area (Å²) in [4.78, 5) is 2.24. The molecule has 2 N–H and O–H groups in total. The molecule has 24 heavy (non-hydrogen) atoms. The average molecular weight is 327 g/mol. The third kappa shape index (κ3) is 2.70. The summed E-state index contributed by atoms with van der Waals surface area (Å²) in [5, 5.41) is 20.2. The number of morpholine rings is 1. The minimum Gasteiger partial charge on any atom is -0.504 e. The maximum Gasteiger partial charge on any atom is 0.200 e. The Bertz CT molecular complexity index is 713. The Hall–Kier alpha value is -2.24. The van der Waals surface area contributed by atoms with Gasteiger partial charge in [0, 0.05) is 31.0 Å². The third-order valence-electron chi connectivity index (χ3n) is 4.86. The predicted molar refractivity (Wildman–Crippen MR) is 89.5 cm³/mol. The first-order valence-electron chi connectivity index (χ1n) is 8.32. The number of phenolic OH excluding ortho intramolecular Hbond substituents is 2. The summed E-state index contributed by atoms with van der Waals surface area (Å²) in [5.41, 5.74) is 2.10. The molecule has 2 atom stereocenters. The number of ether oxygens (including phenoxy) is 2. The smallest absolute Gasteiger partial charge is 0.200 e. The van der Waals surface area contributed by atoms with E-state index in [1.807, 2.05) is 24.3 Å². The molecule has 126 valence electrons. The fourth-order valence-corrected chi connectivity index (χ4v) is 3.58. The van der Waals surface area contributed by atoms with Gasteiger partial charge in [-0.1, -0.05) is 36.4 Å². The van der Waals surface area contributed by atoms with Crippen LogP contribution in [0.3, 0.4) is 0 Å². The fourth-order valence-electron chi connectivity index (χ4n) is 3.58. The van der Waals surface area contributed by atoms with Crippen molar-refractivity contribution in [3.8, 4) is 17.2 Å². The zero-order chi connectivity index (χ0) is 16.5. The molecule has 2 aromatic rings. The molecule has 0 aliphatic carbocycles. The highest BCUT2D eigenvalue weighted by Gasteiger charge is 2.35. The number of hydrogen-bond acceptors (Lipinski definition) is 5. The van der Waals surface area contributed by atoms with Gasteiger partial charge in [0.25, 0.3) is 0 Å². The van der Waals surface area contributed by atoms with Gasteiger partial charge in [0.15, 0.2) is 17.7 Å². The first kappa shape index (κ1) is 15.3. The van der Waals surface area contributed by atoms with E-state index in [9.17, 15) is 10.2 Å². The Morgan fingerprint density at radius 3 is 2.46 bits per heavy atom. The molecule has 2 heterocycles. The number of nitrogens with zero attached hydrogens (tertiary/aromatic N) is 1. The fraction of sp³-hybridized carbons (Fsp3) is 0.368. The molecule has 5 heteroatoms. The van der Waals surface area contributed by atoms with Gasteiger partial charge >= 0.3 is 0 Å². The third-order valence-corrected chi connectivity index (χ3v) is 4.86. The molecule has 0 bridgehead atoms. The van der Waals surface area contributed by atoms with Gasteiger partial charge in [-0.05, 0) is 11.6 Å². The standard InChI is InChI=1S/C19H21NO4/c21-16-7-6-14-15(13-4-2-1-3-5-13)12-17(24-19(14)18(16)22)20-8-10-23-11-9-20/h1-7,15,17,21-22H,8-12H2. The first-order valence-corrected chi connectivity index (χ1v) is 8.32. The summed E-state index contributed by atoms with van der Waals surface area (Å²) in [6.07, 6.45) is 0.667. The topological polar surface area (TPSA) is 62.2 Å². The first-order chi connectivity index (χ1) is 11.7. The monoisotopic (exact) mass is 327 g/mol. The Balaban J connectivity index is 1.74. The minimum atomic E-state index is -0.175. The molecule has 5 nitrogen and oxygen atoms in total. The summed E-state index contributed by atoms with van der Waals surface area (Å²) in [7, 11) is 0. The van der Waals surface area contributed by atoms with E-state index in [2.05, 4.69) is 17.0 Å². The minimum absolute atomic E-state index is 0.120. The lowest BCUT2D eigenvalue weighted by molar-refractivity contribution is -0.0567. The molecule has 0 spiro atoms. The Morgan fingerprint density at radius 1 is 0.958 bits per heavy atom. The molecule has 0 radical (unpaired) electrons. The highest BCUT2D eigenvalue weighted by molar-refractivity contribution is 5.57. The molecule has 2 aromatic carbocycles. The number of rotatable bonds is 2. The zero-order valence-corrected chi connectivity index (χ0v) is 13.4. The Labute approximate surface area is 141 Å². The SMILES string of the molecule is Oc1ccc2c(c1O)OC(N1CCOCC1)CC2c1ccccc1. The van der Waals surface area contributed by atoms with Gasteiger partial charge in [0.05, 0.1) is 13.2 Å². The Kier molecular flexibility index (Phi) is 4.04. The predicted octanol–water partition coefficient (Wildman–Crippen LogP) is 2.67. The van der Waals surface area contributed by atoms with Gasteiger partial charge in [0.2, 0.25) is 5.75 Å². The number of fused-ring (bicyclic) bond motifs is 1. The van der Waals surface area contributed by atoms with Crippen LogP contribution in [-0.4, -0.2) is 47.6 Å². The largest absolute Gasteiger partial charge is 0.504 e. The Morgan fingerprint density at radius 2 is 1.71 bits per heavy atom. The lowest BCUT2D eigenvalue weighted by Crippen LogP contribution is -2.48. The van der Waals surface area contributed by atoms with Crippen molar-refractivity contribution in [3.63, 3.8) is 0 Å². The molecule has 4 rings (SSSR count). The summed E-state index contributed by atoms with van der Waals surface area (Å²) in [5.74, 6) is 0.190. The van der Waals surface area contributed by atoms with Crippen LogP contribution in [0.5, 0.6) is 17.2 Å². The van der Waals surface area contributed by atoms with Crippen LogP contribution in [0, 0.1) is 0 Å². The summed E-state index contributed by atoms with van der Waals surface area (Å²) in [6.45, 7) is 2.99. The molecule has 2 aliphatic rings. The number of hydrogen-bond donors (Lipinski definition) is 2. The normalized spacial score (nSPS) is 24.2. The molecule has 2 unspecified atom stereocenters. The lowest BCUT2D eigenvalue weighted by Gasteiger charge is -2.40. The molecule has 2 aliphatic heterocycles. The van der Waals surface area contributed by atoms with Gasteiger partial charge in [0.1, 0.15) is 0 Å². The van der Waals surface area contributed by atoms with Crippen LogP contribution in [0.2, 0.25) is 0 Å². The molecule has 0 saturated carbocycles. The van der Waals surface area contributed by atoms with Crippen LogP contribution in [0.25, 0.3) is 0 Å². The van der Waals surface area contributed by atoms with Gasteiger partial charge in [-0.3, -0.25) is 4.90 Å². The second-order valence-electron chi connectivity index (χ2n) is 6.27. The van der Waals surface area contributed by atoms with Crippen molar-refractivity contribution in [2.45, 2.75) is 18.6 Å². The average Bonchev–Trinajstić information content (AvgIpc) is 2.65.